The molecule has 0 unspecified atom stereocenters. The smallest absolute Gasteiger partial charge is 0.292 e. The van der Waals surface area contributed by atoms with E-state index in [0.29, 0.717) is 26.3 Å². The van der Waals surface area contributed by atoms with Gasteiger partial charge in [0.1, 0.15) is 0 Å². The molecule has 0 saturated carbocycles. The van der Waals surface area contributed by atoms with Crippen molar-refractivity contribution in [1.82, 2.24) is 4.67 Å². The van der Waals surface area contributed by atoms with Crippen LogP contribution < -0.4 is 0 Å². The molecule has 0 amide bonds. The van der Waals surface area contributed by atoms with Crippen LogP contribution >= 0.6 is 7.75 Å². The van der Waals surface area contributed by atoms with Gasteiger partial charge in [-0.05, 0) is 11.1 Å². The molecule has 0 aliphatic carbocycles. The van der Waals surface area contributed by atoms with E-state index in [-0.39, 0.29) is 0 Å². The van der Waals surface area contributed by atoms with Crippen LogP contribution in [-0.4, -0.2) is 17.8 Å². The Morgan fingerprint density at radius 1 is 1.12 bits per heavy atom. The van der Waals surface area contributed by atoms with Crippen molar-refractivity contribution in [1.29, 1.82) is 0 Å². The highest BCUT2D eigenvalue weighted by molar-refractivity contribution is 7.51. The molecule has 0 spiro atoms. The molecule has 2 rings (SSSR count). The predicted molar refractivity (Wildman–Crippen MR) is 66.5 cm³/mol. The minimum Gasteiger partial charge on any atom is -0.292 e. The van der Waals surface area contributed by atoms with E-state index >= 15 is 0 Å². The molecule has 1 aromatic carbocycles. The molecule has 0 atom stereocenters. The fourth-order valence-corrected chi connectivity index (χ4v) is 3.61. The summed E-state index contributed by atoms with van der Waals surface area (Å²) in [5.74, 6) is 0. The number of hydrogen-bond acceptors (Lipinski definition) is 3. The second-order valence-electron chi connectivity index (χ2n) is 3.92. The van der Waals surface area contributed by atoms with E-state index in [9.17, 15) is 4.57 Å². The molecule has 5 heteroatoms. The molecule has 94 valence electrons. The Kier molecular flexibility index (Phi) is 4.00. The van der Waals surface area contributed by atoms with Gasteiger partial charge in [0.15, 0.2) is 0 Å². The fraction of sp³-hybridized carbons (Fsp3) is 0.500. The minimum absolute atomic E-state index is 0.351. The zero-order chi connectivity index (χ0) is 12.3. The third kappa shape index (κ3) is 2.61. The van der Waals surface area contributed by atoms with Gasteiger partial charge in [-0.1, -0.05) is 38.1 Å². The lowest BCUT2D eigenvalue weighted by molar-refractivity contribution is 0.160. The number of benzene rings is 1. The molecule has 1 aliphatic rings. The molecule has 4 nitrogen and oxygen atoms in total. The lowest BCUT2D eigenvalue weighted by Crippen LogP contribution is -2.21. The van der Waals surface area contributed by atoms with Crippen LogP contribution in [0.25, 0.3) is 0 Å². The van der Waals surface area contributed by atoms with Gasteiger partial charge in [0, 0.05) is 13.1 Å². The third-order valence-corrected chi connectivity index (χ3v) is 5.13. The van der Waals surface area contributed by atoms with Crippen LogP contribution in [0.3, 0.4) is 0 Å². The standard InChI is InChI=1S/C12H18NO3P/c1-3-13(4-2)17(14)15-9-11-7-5-6-8-12(11)10-16-17/h5-8H,3-4,9-10H2,1-2H3. The van der Waals surface area contributed by atoms with Crippen LogP contribution in [0.1, 0.15) is 25.0 Å². The van der Waals surface area contributed by atoms with Crippen molar-refractivity contribution in [2.45, 2.75) is 27.1 Å². The van der Waals surface area contributed by atoms with Gasteiger partial charge in [-0.2, -0.15) is 0 Å². The number of nitrogens with zero attached hydrogens (tertiary/aromatic N) is 1. The normalized spacial score (nSPS) is 18.8. The molecule has 0 radical (unpaired) electrons. The highest BCUT2D eigenvalue weighted by atomic mass is 31.2. The molecule has 1 heterocycles. The number of hydrogen-bond donors (Lipinski definition) is 0. The first kappa shape index (κ1) is 12.8. The minimum atomic E-state index is -3.12. The summed E-state index contributed by atoms with van der Waals surface area (Å²) in [5.41, 5.74) is 2.11. The molecule has 0 bridgehead atoms. The monoisotopic (exact) mass is 255 g/mol. The summed E-state index contributed by atoms with van der Waals surface area (Å²) in [6.45, 7) is 5.92. The Bertz CT molecular complexity index is 401. The molecular weight excluding hydrogens is 237 g/mol. The summed E-state index contributed by atoms with van der Waals surface area (Å²) < 4.78 is 25.4. The zero-order valence-corrected chi connectivity index (χ0v) is 11.2. The quantitative estimate of drug-likeness (QED) is 0.777. The van der Waals surface area contributed by atoms with E-state index < -0.39 is 7.75 Å². The van der Waals surface area contributed by atoms with Crippen molar-refractivity contribution in [2.75, 3.05) is 13.1 Å². The van der Waals surface area contributed by atoms with E-state index in [1.165, 1.54) is 0 Å². The van der Waals surface area contributed by atoms with E-state index in [2.05, 4.69) is 0 Å². The first-order valence-electron chi connectivity index (χ1n) is 5.91. The van der Waals surface area contributed by atoms with Crippen molar-refractivity contribution in [3.05, 3.63) is 35.4 Å². The summed E-state index contributed by atoms with van der Waals surface area (Å²) in [6.07, 6.45) is 0. The molecule has 0 saturated heterocycles. The third-order valence-electron chi connectivity index (χ3n) is 2.96. The Hall–Kier alpha value is -0.670. The van der Waals surface area contributed by atoms with Crippen LogP contribution in [0.5, 0.6) is 0 Å². The molecule has 0 fully saturated rings. The highest BCUT2D eigenvalue weighted by Crippen LogP contribution is 2.54. The van der Waals surface area contributed by atoms with Gasteiger partial charge >= 0.3 is 7.75 Å². The van der Waals surface area contributed by atoms with E-state index in [1.54, 1.807) is 4.67 Å². The first-order chi connectivity index (χ1) is 8.19. The van der Waals surface area contributed by atoms with Crippen LogP contribution in [-0.2, 0) is 26.8 Å². The summed E-state index contributed by atoms with van der Waals surface area (Å²) in [4.78, 5) is 0. The Morgan fingerprint density at radius 2 is 1.59 bits per heavy atom. The summed E-state index contributed by atoms with van der Waals surface area (Å²) in [5, 5.41) is 0. The maximum absolute atomic E-state index is 12.6. The fourth-order valence-electron chi connectivity index (χ4n) is 1.91. The molecule has 1 aromatic rings. The van der Waals surface area contributed by atoms with Crippen LogP contribution in [0.4, 0.5) is 0 Å². The SMILES string of the molecule is CCN(CC)P1(=O)OCc2ccccc2CO1. The van der Waals surface area contributed by atoms with Crippen LogP contribution in [0.2, 0.25) is 0 Å². The van der Waals surface area contributed by atoms with Crippen molar-refractivity contribution >= 4 is 7.75 Å². The van der Waals surface area contributed by atoms with Gasteiger partial charge in [0.2, 0.25) is 0 Å². The van der Waals surface area contributed by atoms with E-state index in [0.717, 1.165) is 11.1 Å². The number of fused-ring (bicyclic) bond motifs is 1. The van der Waals surface area contributed by atoms with Crippen LogP contribution in [0.15, 0.2) is 24.3 Å². The van der Waals surface area contributed by atoms with E-state index in [4.69, 9.17) is 9.05 Å². The van der Waals surface area contributed by atoms with Gasteiger partial charge in [-0.3, -0.25) is 9.05 Å². The van der Waals surface area contributed by atoms with Gasteiger partial charge in [0.25, 0.3) is 0 Å². The average Bonchev–Trinajstić information content (AvgIpc) is 2.52. The Morgan fingerprint density at radius 3 is 2.00 bits per heavy atom. The second-order valence-corrected chi connectivity index (χ2v) is 5.94. The zero-order valence-electron chi connectivity index (χ0n) is 10.3. The topological polar surface area (TPSA) is 38.8 Å². The Balaban J connectivity index is 2.21. The maximum atomic E-state index is 12.6. The molecule has 0 aromatic heterocycles. The van der Waals surface area contributed by atoms with Gasteiger partial charge in [-0.25, -0.2) is 9.24 Å². The summed E-state index contributed by atoms with van der Waals surface area (Å²) >= 11 is 0. The van der Waals surface area contributed by atoms with Crippen molar-refractivity contribution in [3.63, 3.8) is 0 Å². The van der Waals surface area contributed by atoms with Crippen molar-refractivity contribution < 1.29 is 13.6 Å². The van der Waals surface area contributed by atoms with Gasteiger partial charge in [-0.15, -0.1) is 0 Å². The summed E-state index contributed by atoms with van der Waals surface area (Å²) in [6, 6.07) is 7.87. The average molecular weight is 255 g/mol. The first-order valence-corrected chi connectivity index (χ1v) is 7.40. The Labute approximate surface area is 102 Å². The molecule has 0 N–H and O–H groups in total. The largest absolute Gasteiger partial charge is 0.408 e. The summed E-state index contributed by atoms with van der Waals surface area (Å²) in [7, 11) is -3.12. The second kappa shape index (κ2) is 5.32. The van der Waals surface area contributed by atoms with Gasteiger partial charge in [0.05, 0.1) is 13.2 Å². The highest BCUT2D eigenvalue weighted by Gasteiger charge is 2.34. The van der Waals surface area contributed by atoms with Crippen molar-refractivity contribution in [3.8, 4) is 0 Å². The predicted octanol–water partition coefficient (Wildman–Crippen LogP) is 3.18. The lowest BCUT2D eigenvalue weighted by Gasteiger charge is -2.26. The molecular formula is C12H18NO3P. The van der Waals surface area contributed by atoms with Gasteiger partial charge < -0.3 is 0 Å². The van der Waals surface area contributed by atoms with Crippen LogP contribution in [0, 0.1) is 0 Å². The maximum Gasteiger partial charge on any atom is 0.408 e. The molecule has 17 heavy (non-hydrogen) atoms. The molecule has 1 aliphatic heterocycles. The van der Waals surface area contributed by atoms with E-state index in [1.807, 2.05) is 38.1 Å². The van der Waals surface area contributed by atoms with Crippen molar-refractivity contribution in [2.24, 2.45) is 0 Å². The lowest BCUT2D eigenvalue weighted by atomic mass is 10.1. The number of rotatable bonds is 3.